The first-order valence-electron chi connectivity index (χ1n) is 6.97. The van der Waals surface area contributed by atoms with E-state index in [0.717, 1.165) is 10.5 Å². The maximum absolute atomic E-state index is 11.8. The van der Waals surface area contributed by atoms with E-state index < -0.39 is 0 Å². The molecule has 0 unspecified atom stereocenters. The number of nitrogens with zero attached hydrogens (tertiary/aromatic N) is 2. The van der Waals surface area contributed by atoms with Crippen molar-refractivity contribution >= 4 is 5.69 Å². The van der Waals surface area contributed by atoms with Gasteiger partial charge in [-0.2, -0.15) is 0 Å². The van der Waals surface area contributed by atoms with Crippen LogP contribution >= 0.6 is 0 Å². The normalized spacial score (nSPS) is 17.3. The third kappa shape index (κ3) is 5.85. The summed E-state index contributed by atoms with van der Waals surface area (Å²) >= 11 is 0. The summed E-state index contributed by atoms with van der Waals surface area (Å²) in [6, 6.07) is 0. The zero-order valence-electron chi connectivity index (χ0n) is 13.0. The summed E-state index contributed by atoms with van der Waals surface area (Å²) in [6.07, 6.45) is 19.3. The van der Waals surface area contributed by atoms with Crippen LogP contribution in [-0.2, 0) is 31.2 Å². The minimum atomic E-state index is -0.325. The van der Waals surface area contributed by atoms with Crippen molar-refractivity contribution in [2.75, 3.05) is 11.9 Å². The van der Waals surface area contributed by atoms with E-state index in [1.165, 1.54) is 17.8 Å². The minimum absolute atomic E-state index is 0. The van der Waals surface area contributed by atoms with Crippen LogP contribution in [0.2, 0.25) is 0 Å². The van der Waals surface area contributed by atoms with E-state index in [4.69, 9.17) is 0 Å². The summed E-state index contributed by atoms with van der Waals surface area (Å²) in [5, 5.41) is 3.03. The zero-order chi connectivity index (χ0) is 15.9. The maximum atomic E-state index is 11.8. The van der Waals surface area contributed by atoms with Gasteiger partial charge in [0.2, 0.25) is 0 Å². The molecule has 6 heteroatoms. The molecule has 2 saturated carbocycles. The molecule has 0 spiro atoms. The molecule has 0 aromatic carbocycles. The molecule has 2 aliphatic carbocycles. The molecule has 0 atom stereocenters. The van der Waals surface area contributed by atoms with Gasteiger partial charge >= 0.3 is 22.8 Å². The van der Waals surface area contributed by atoms with Crippen molar-refractivity contribution in [2.45, 2.75) is 0 Å². The molecule has 120 valence electrons. The van der Waals surface area contributed by atoms with Gasteiger partial charge in [0.25, 0.3) is 5.56 Å². The van der Waals surface area contributed by atoms with Crippen LogP contribution in [0.25, 0.3) is 0 Å². The predicted octanol–water partition coefficient (Wildman–Crippen LogP) is 0.920. The van der Waals surface area contributed by atoms with Crippen molar-refractivity contribution in [3.8, 4) is 0 Å². The second-order valence-electron chi connectivity index (χ2n) is 4.91. The third-order valence-electron chi connectivity index (χ3n) is 3.22. The van der Waals surface area contributed by atoms with Gasteiger partial charge in [0.15, 0.2) is 0 Å². The topological polar surface area (TPSA) is 56.0 Å². The van der Waals surface area contributed by atoms with E-state index in [-0.39, 0.29) is 28.3 Å². The van der Waals surface area contributed by atoms with Crippen LogP contribution in [0.3, 0.4) is 0 Å². The molecule has 3 rings (SSSR count). The Hall–Kier alpha value is -1.00. The van der Waals surface area contributed by atoms with Crippen molar-refractivity contribution in [3.63, 3.8) is 0 Å². The number of hydrogen-bond donors (Lipinski definition) is 1. The Bertz CT molecular complexity index is 577. The molecule has 2 fully saturated rings. The fourth-order valence-electron chi connectivity index (χ4n) is 1.98. The molecule has 1 aromatic heterocycles. The Labute approximate surface area is 148 Å². The predicted molar refractivity (Wildman–Crippen MR) is 87.4 cm³/mol. The fourth-order valence-corrected chi connectivity index (χ4v) is 1.98. The van der Waals surface area contributed by atoms with Crippen LogP contribution in [0.15, 0.2) is 15.8 Å². The molecule has 0 bridgehead atoms. The first-order valence-corrected chi connectivity index (χ1v) is 6.97. The zero-order valence-corrected chi connectivity index (χ0v) is 14.1. The number of anilines is 1. The average molecular weight is 353 g/mol. The molecule has 0 amide bonds. The summed E-state index contributed by atoms with van der Waals surface area (Å²) in [5.41, 5.74) is -0.204. The van der Waals surface area contributed by atoms with Gasteiger partial charge in [-0.15, -0.1) is 0 Å². The van der Waals surface area contributed by atoms with Gasteiger partial charge in [-0.05, 0) is 57.8 Å². The average Bonchev–Trinajstić information content (AvgIpc) is 3.23. The van der Waals surface area contributed by atoms with Crippen molar-refractivity contribution in [1.29, 1.82) is 0 Å². The van der Waals surface area contributed by atoms with E-state index in [1.807, 2.05) is 57.8 Å². The number of aryl methyl sites for hydroxylation is 1. The molecule has 1 aromatic rings. The number of hydrogen-bond acceptors (Lipinski definition) is 3. The smallest absolute Gasteiger partial charge is 0.379 e. The molecule has 2 aliphatic rings. The molecule has 1 N–H and O–H groups in total. The Kier molecular flexibility index (Phi) is 8.70. The van der Waals surface area contributed by atoms with Crippen LogP contribution in [0, 0.1) is 63.7 Å². The van der Waals surface area contributed by atoms with Gasteiger partial charge < -0.3 is 9.88 Å². The van der Waals surface area contributed by atoms with Gasteiger partial charge in [-0.3, -0.25) is 9.36 Å². The second-order valence-corrected chi connectivity index (χ2v) is 4.91. The molecule has 0 saturated heterocycles. The SMILES string of the molecule is Cn1cc(NC[C]2[CH][CH][CH][CH]2)c(=O)n(C)c1=O.[CH]1[CH][CH][CH][CH]1.[Fe+2]. The van der Waals surface area contributed by atoms with Gasteiger partial charge in [0.1, 0.15) is 5.69 Å². The molecular weight excluding hydrogens is 334 g/mol. The summed E-state index contributed by atoms with van der Waals surface area (Å²) in [4.78, 5) is 23.3. The van der Waals surface area contributed by atoms with Crippen LogP contribution in [-0.4, -0.2) is 15.7 Å². The van der Waals surface area contributed by atoms with Crippen LogP contribution in [0.5, 0.6) is 0 Å². The van der Waals surface area contributed by atoms with Gasteiger partial charge in [-0.1, -0.05) is 0 Å². The Morgan fingerprint density at radius 1 is 0.913 bits per heavy atom. The minimum Gasteiger partial charge on any atom is -0.379 e. The summed E-state index contributed by atoms with van der Waals surface area (Å²) in [6.45, 7) is 0.570. The molecule has 0 aliphatic heterocycles. The molecule has 10 radical (unpaired) electrons. The van der Waals surface area contributed by atoms with Crippen LogP contribution in [0.4, 0.5) is 5.69 Å². The molecule has 1 heterocycles. The summed E-state index contributed by atoms with van der Waals surface area (Å²) in [5.74, 6) is 1.10. The van der Waals surface area contributed by atoms with Gasteiger partial charge in [-0.25, -0.2) is 4.79 Å². The Morgan fingerprint density at radius 2 is 1.43 bits per heavy atom. The first kappa shape index (κ1) is 20.0. The first-order chi connectivity index (χ1) is 10.6. The summed E-state index contributed by atoms with van der Waals surface area (Å²) in [7, 11) is 3.09. The van der Waals surface area contributed by atoms with E-state index in [0.29, 0.717) is 12.2 Å². The van der Waals surface area contributed by atoms with Crippen molar-refractivity contribution in [1.82, 2.24) is 9.13 Å². The number of rotatable bonds is 3. The van der Waals surface area contributed by atoms with Crippen molar-refractivity contribution < 1.29 is 17.1 Å². The quantitative estimate of drug-likeness (QED) is 0.823. The molecule has 23 heavy (non-hydrogen) atoms. The largest absolute Gasteiger partial charge is 2.00 e. The van der Waals surface area contributed by atoms with E-state index in [9.17, 15) is 9.59 Å². The molecule has 5 nitrogen and oxygen atoms in total. The van der Waals surface area contributed by atoms with Gasteiger partial charge in [0, 0.05) is 32.8 Å². The van der Waals surface area contributed by atoms with Crippen molar-refractivity contribution in [3.05, 3.63) is 90.7 Å². The number of aromatic nitrogens is 2. The van der Waals surface area contributed by atoms with E-state index >= 15 is 0 Å². The Balaban J connectivity index is 0.000000377. The number of nitrogens with one attached hydrogen (secondary N) is 1. The van der Waals surface area contributed by atoms with E-state index in [1.54, 1.807) is 7.05 Å². The summed E-state index contributed by atoms with van der Waals surface area (Å²) < 4.78 is 2.47. The second kappa shape index (κ2) is 9.99. The van der Waals surface area contributed by atoms with Gasteiger partial charge in [0.05, 0.1) is 0 Å². The standard InChI is InChI=1S/C12H14N3O2.C5H5.Fe/c1-14-8-10(11(16)15(2)12(14)17)13-7-9-5-3-4-6-9;1-2-4-5-3-1;/h3-6,8,13H,7H2,1-2H3;1-5H;/q;;+2. The third-order valence-corrected chi connectivity index (χ3v) is 3.22. The Morgan fingerprint density at radius 3 is 1.96 bits per heavy atom. The van der Waals surface area contributed by atoms with Crippen LogP contribution in [0.1, 0.15) is 0 Å². The monoisotopic (exact) mass is 353 g/mol. The fraction of sp³-hybridized carbons (Fsp3) is 0.176. The van der Waals surface area contributed by atoms with Crippen molar-refractivity contribution in [2.24, 2.45) is 14.1 Å². The van der Waals surface area contributed by atoms with E-state index in [2.05, 4.69) is 5.32 Å². The van der Waals surface area contributed by atoms with Crippen LogP contribution < -0.4 is 16.6 Å². The maximum Gasteiger partial charge on any atom is 2.00 e. The molecular formula is C17H19FeN3O2+2.